The van der Waals surface area contributed by atoms with Gasteiger partial charge in [-0.3, -0.25) is 4.99 Å². The maximum atomic E-state index is 4.29. The van der Waals surface area contributed by atoms with Crippen LogP contribution in [0.1, 0.15) is 18.4 Å². The molecule has 2 aromatic carbocycles. The zero-order chi connectivity index (χ0) is 16.3. The van der Waals surface area contributed by atoms with Crippen molar-refractivity contribution in [1.82, 2.24) is 10.6 Å². The standard InChI is InChI=1S/C19H27N3S.HI/c1-20-19(21-13-5-6-15-23-2)22-14-12-17-10-7-9-16-8-3-4-11-18(16)17;/h3-4,7-11H,5-6,12-15H2,1-2H3,(H2,20,21,22);1H. The van der Waals surface area contributed by atoms with Crippen LogP contribution in [0.15, 0.2) is 47.5 Å². The van der Waals surface area contributed by atoms with E-state index in [4.69, 9.17) is 0 Å². The largest absolute Gasteiger partial charge is 0.356 e. The second-order valence-electron chi connectivity index (χ2n) is 5.51. The molecule has 0 saturated heterocycles. The first-order valence-corrected chi connectivity index (χ1v) is 9.64. The Morgan fingerprint density at radius 2 is 1.75 bits per heavy atom. The number of nitrogens with one attached hydrogen (secondary N) is 2. The zero-order valence-corrected chi connectivity index (χ0v) is 17.7. The topological polar surface area (TPSA) is 36.4 Å². The average molecular weight is 457 g/mol. The van der Waals surface area contributed by atoms with Crippen LogP contribution in [-0.2, 0) is 6.42 Å². The van der Waals surface area contributed by atoms with Crippen LogP contribution in [0.25, 0.3) is 10.8 Å². The third-order valence-electron chi connectivity index (χ3n) is 3.86. The quantitative estimate of drug-likeness (QED) is 0.269. The van der Waals surface area contributed by atoms with Crippen molar-refractivity contribution in [2.75, 3.05) is 32.1 Å². The second-order valence-corrected chi connectivity index (χ2v) is 6.50. The van der Waals surface area contributed by atoms with Crippen LogP contribution in [0.5, 0.6) is 0 Å². The highest BCUT2D eigenvalue weighted by Crippen LogP contribution is 2.18. The van der Waals surface area contributed by atoms with Gasteiger partial charge in [-0.1, -0.05) is 42.5 Å². The molecular formula is C19H28IN3S. The lowest BCUT2D eigenvalue weighted by molar-refractivity contribution is 0.731. The fourth-order valence-corrected chi connectivity index (χ4v) is 3.12. The summed E-state index contributed by atoms with van der Waals surface area (Å²) in [5.41, 5.74) is 1.38. The summed E-state index contributed by atoms with van der Waals surface area (Å²) in [6, 6.07) is 15.1. The molecule has 0 unspecified atom stereocenters. The molecule has 24 heavy (non-hydrogen) atoms. The van der Waals surface area contributed by atoms with Gasteiger partial charge in [0.15, 0.2) is 5.96 Å². The van der Waals surface area contributed by atoms with E-state index in [2.05, 4.69) is 64.3 Å². The number of hydrogen-bond acceptors (Lipinski definition) is 2. The number of unbranched alkanes of at least 4 members (excludes halogenated alkanes) is 1. The number of benzene rings is 2. The van der Waals surface area contributed by atoms with Gasteiger partial charge in [-0.2, -0.15) is 11.8 Å². The number of nitrogens with zero attached hydrogens (tertiary/aromatic N) is 1. The molecule has 0 aliphatic rings. The molecule has 3 nitrogen and oxygen atoms in total. The van der Waals surface area contributed by atoms with Crippen molar-refractivity contribution in [2.45, 2.75) is 19.3 Å². The Morgan fingerprint density at radius 1 is 1.00 bits per heavy atom. The molecule has 0 saturated carbocycles. The highest BCUT2D eigenvalue weighted by Gasteiger charge is 2.01. The minimum atomic E-state index is 0. The van der Waals surface area contributed by atoms with Gasteiger partial charge in [0.1, 0.15) is 0 Å². The molecule has 2 aromatic rings. The van der Waals surface area contributed by atoms with Crippen molar-refractivity contribution < 1.29 is 0 Å². The molecule has 132 valence electrons. The van der Waals surface area contributed by atoms with Crippen LogP contribution in [0.4, 0.5) is 0 Å². The molecule has 5 heteroatoms. The molecule has 0 fully saturated rings. The third-order valence-corrected chi connectivity index (χ3v) is 4.55. The summed E-state index contributed by atoms with van der Waals surface area (Å²) >= 11 is 1.90. The van der Waals surface area contributed by atoms with Crippen LogP contribution in [0.2, 0.25) is 0 Å². The molecule has 0 atom stereocenters. The smallest absolute Gasteiger partial charge is 0.190 e. The Morgan fingerprint density at radius 3 is 2.54 bits per heavy atom. The molecule has 0 aliphatic carbocycles. The maximum Gasteiger partial charge on any atom is 0.190 e. The Labute approximate surface area is 167 Å². The van der Waals surface area contributed by atoms with Gasteiger partial charge in [0.2, 0.25) is 0 Å². The number of thioether (sulfide) groups is 1. The fraction of sp³-hybridized carbons (Fsp3) is 0.421. The van der Waals surface area contributed by atoms with Crippen LogP contribution >= 0.6 is 35.7 Å². The van der Waals surface area contributed by atoms with Gasteiger partial charge < -0.3 is 10.6 Å². The molecule has 0 bridgehead atoms. The fourth-order valence-electron chi connectivity index (χ4n) is 2.62. The molecule has 0 aromatic heterocycles. The van der Waals surface area contributed by atoms with Gasteiger partial charge in [0, 0.05) is 20.1 Å². The lowest BCUT2D eigenvalue weighted by atomic mass is 10.0. The molecular weight excluding hydrogens is 429 g/mol. The van der Waals surface area contributed by atoms with Crippen molar-refractivity contribution >= 4 is 52.5 Å². The van der Waals surface area contributed by atoms with Crippen molar-refractivity contribution in [2.24, 2.45) is 4.99 Å². The predicted octanol–water partition coefficient (Wildman–Crippen LogP) is 4.31. The minimum Gasteiger partial charge on any atom is -0.356 e. The molecule has 0 spiro atoms. The molecule has 2 N–H and O–H groups in total. The van der Waals surface area contributed by atoms with E-state index >= 15 is 0 Å². The lowest BCUT2D eigenvalue weighted by Crippen LogP contribution is -2.38. The Hall–Kier alpha value is -0.950. The SMILES string of the molecule is CN=C(NCCCCSC)NCCc1cccc2ccccc12.I. The van der Waals surface area contributed by atoms with Crippen molar-refractivity contribution in [3.8, 4) is 0 Å². The molecule has 0 amide bonds. The van der Waals surface area contributed by atoms with Gasteiger partial charge in [-0.05, 0) is 47.6 Å². The lowest BCUT2D eigenvalue weighted by Gasteiger charge is -2.12. The molecule has 2 rings (SSSR count). The Kier molecular flexibility index (Phi) is 10.9. The average Bonchev–Trinajstić information content (AvgIpc) is 2.60. The van der Waals surface area contributed by atoms with Crippen molar-refractivity contribution in [3.63, 3.8) is 0 Å². The number of halogens is 1. The molecule has 0 aliphatic heterocycles. The first-order valence-electron chi connectivity index (χ1n) is 8.25. The minimum absolute atomic E-state index is 0. The number of hydrogen-bond donors (Lipinski definition) is 2. The normalized spacial score (nSPS) is 11.2. The summed E-state index contributed by atoms with van der Waals surface area (Å²) in [5.74, 6) is 2.13. The van der Waals surface area contributed by atoms with Crippen LogP contribution in [0, 0.1) is 0 Å². The monoisotopic (exact) mass is 457 g/mol. The number of fused-ring (bicyclic) bond motifs is 1. The summed E-state index contributed by atoms with van der Waals surface area (Å²) in [6.45, 7) is 1.87. The van der Waals surface area contributed by atoms with E-state index in [9.17, 15) is 0 Å². The van der Waals surface area contributed by atoms with E-state index in [0.29, 0.717) is 0 Å². The van der Waals surface area contributed by atoms with Crippen LogP contribution in [-0.4, -0.2) is 38.1 Å². The predicted molar refractivity (Wildman–Crippen MR) is 120 cm³/mol. The van der Waals surface area contributed by atoms with Gasteiger partial charge in [-0.25, -0.2) is 0 Å². The summed E-state index contributed by atoms with van der Waals surface area (Å²) < 4.78 is 0. The van der Waals surface area contributed by atoms with Gasteiger partial charge >= 0.3 is 0 Å². The van der Waals surface area contributed by atoms with E-state index in [0.717, 1.165) is 25.5 Å². The Balaban J connectivity index is 0.00000288. The number of guanidine groups is 1. The first-order chi connectivity index (χ1) is 11.3. The van der Waals surface area contributed by atoms with E-state index in [-0.39, 0.29) is 24.0 Å². The molecule has 0 radical (unpaired) electrons. The summed E-state index contributed by atoms with van der Waals surface area (Å²) in [5, 5.41) is 9.44. The van der Waals surface area contributed by atoms with Crippen molar-refractivity contribution in [1.29, 1.82) is 0 Å². The summed E-state index contributed by atoms with van der Waals surface area (Å²) in [6.07, 6.45) is 5.59. The summed E-state index contributed by atoms with van der Waals surface area (Å²) in [4.78, 5) is 4.29. The van der Waals surface area contributed by atoms with Crippen LogP contribution < -0.4 is 10.6 Å². The van der Waals surface area contributed by atoms with Gasteiger partial charge in [0.05, 0.1) is 0 Å². The number of aliphatic imine (C=N–C) groups is 1. The van der Waals surface area contributed by atoms with Crippen LogP contribution in [0.3, 0.4) is 0 Å². The zero-order valence-electron chi connectivity index (χ0n) is 14.5. The van der Waals surface area contributed by atoms with E-state index in [1.54, 1.807) is 0 Å². The highest BCUT2D eigenvalue weighted by atomic mass is 127. The molecule has 0 heterocycles. The summed E-state index contributed by atoms with van der Waals surface area (Å²) in [7, 11) is 1.83. The number of rotatable bonds is 8. The maximum absolute atomic E-state index is 4.29. The first kappa shape index (κ1) is 21.1. The van der Waals surface area contributed by atoms with E-state index in [1.807, 2.05) is 18.8 Å². The van der Waals surface area contributed by atoms with Gasteiger partial charge in [0.25, 0.3) is 0 Å². The van der Waals surface area contributed by atoms with E-state index in [1.165, 1.54) is 34.9 Å². The van der Waals surface area contributed by atoms with E-state index < -0.39 is 0 Å². The van der Waals surface area contributed by atoms with Gasteiger partial charge in [-0.15, -0.1) is 24.0 Å². The second kappa shape index (κ2) is 12.4. The third kappa shape index (κ3) is 6.89. The highest BCUT2D eigenvalue weighted by molar-refractivity contribution is 14.0. The van der Waals surface area contributed by atoms with Crippen molar-refractivity contribution in [3.05, 3.63) is 48.0 Å². The Bertz CT molecular complexity index is 626.